The van der Waals surface area contributed by atoms with Gasteiger partial charge in [-0.3, -0.25) is 4.79 Å². The summed E-state index contributed by atoms with van der Waals surface area (Å²) in [6.45, 7) is 0. The molecule has 1 aromatic heterocycles. The number of fused-ring (bicyclic) bond motifs is 1. The molecule has 0 fully saturated rings. The van der Waals surface area contributed by atoms with Crippen molar-refractivity contribution >= 4 is 43.1 Å². The molecule has 3 rings (SSSR count). The Balaban J connectivity index is 1.97. The van der Waals surface area contributed by atoms with E-state index >= 15 is 0 Å². The van der Waals surface area contributed by atoms with Gasteiger partial charge < -0.3 is 0 Å². The van der Waals surface area contributed by atoms with Gasteiger partial charge in [0.2, 0.25) is 0 Å². The van der Waals surface area contributed by atoms with Crippen LogP contribution in [0.1, 0.15) is 15.9 Å². The van der Waals surface area contributed by atoms with E-state index in [1.807, 2.05) is 29.6 Å². The lowest BCUT2D eigenvalue weighted by molar-refractivity contribution is 0.0989. The number of Topliss-reactive ketones (excluding diaryl/α,β-unsaturated/α-hetero) is 1. The highest BCUT2D eigenvalue weighted by molar-refractivity contribution is 9.10. The Labute approximate surface area is 128 Å². The molecule has 0 bridgehead atoms. The first-order valence-electron chi connectivity index (χ1n) is 6.09. The molecule has 3 aromatic rings. The van der Waals surface area contributed by atoms with Gasteiger partial charge in [-0.1, -0.05) is 24.3 Å². The van der Waals surface area contributed by atoms with E-state index < -0.39 is 5.82 Å². The van der Waals surface area contributed by atoms with E-state index in [1.54, 1.807) is 23.5 Å². The number of carbonyl (C=O) groups is 1. The van der Waals surface area contributed by atoms with E-state index in [1.165, 1.54) is 6.07 Å². The highest BCUT2D eigenvalue weighted by Crippen LogP contribution is 2.28. The van der Waals surface area contributed by atoms with Gasteiger partial charge in [0.05, 0.1) is 5.56 Å². The molecule has 4 heteroatoms. The Morgan fingerprint density at radius 1 is 1.15 bits per heavy atom. The third kappa shape index (κ3) is 2.41. The Morgan fingerprint density at radius 3 is 2.75 bits per heavy atom. The van der Waals surface area contributed by atoms with Crippen LogP contribution < -0.4 is 0 Å². The third-order valence-electron chi connectivity index (χ3n) is 3.15. The second-order valence-corrected chi connectivity index (χ2v) is 6.22. The van der Waals surface area contributed by atoms with Crippen molar-refractivity contribution in [3.8, 4) is 0 Å². The fourth-order valence-electron chi connectivity index (χ4n) is 2.20. The van der Waals surface area contributed by atoms with Crippen LogP contribution in [0.4, 0.5) is 4.39 Å². The Hall–Kier alpha value is -1.52. The van der Waals surface area contributed by atoms with Crippen molar-refractivity contribution in [3.63, 3.8) is 0 Å². The van der Waals surface area contributed by atoms with Crippen molar-refractivity contribution in [3.05, 3.63) is 69.3 Å². The molecule has 0 radical (unpaired) electrons. The van der Waals surface area contributed by atoms with Crippen molar-refractivity contribution < 1.29 is 9.18 Å². The first-order valence-corrected chi connectivity index (χ1v) is 7.76. The summed E-state index contributed by atoms with van der Waals surface area (Å²) in [6.07, 6.45) is 0.212. The summed E-state index contributed by atoms with van der Waals surface area (Å²) in [5, 5.41) is 3.04. The van der Waals surface area contributed by atoms with E-state index in [-0.39, 0.29) is 17.8 Å². The second kappa shape index (κ2) is 5.46. The van der Waals surface area contributed by atoms with E-state index in [2.05, 4.69) is 15.9 Å². The highest BCUT2D eigenvalue weighted by Gasteiger charge is 2.17. The fourth-order valence-corrected chi connectivity index (χ4v) is 3.72. The molecular formula is C16H10BrFOS. The zero-order chi connectivity index (χ0) is 14.1. The lowest BCUT2D eigenvalue weighted by Crippen LogP contribution is -2.06. The first-order chi connectivity index (χ1) is 9.66. The summed E-state index contributed by atoms with van der Waals surface area (Å²) >= 11 is 4.85. The number of thiophene rings is 1. The molecule has 100 valence electrons. The van der Waals surface area contributed by atoms with Gasteiger partial charge in [-0.05, 0) is 50.5 Å². The van der Waals surface area contributed by atoms with E-state index in [9.17, 15) is 9.18 Å². The van der Waals surface area contributed by atoms with E-state index in [0.29, 0.717) is 4.47 Å². The fraction of sp³-hybridized carbons (Fsp3) is 0.0625. The monoisotopic (exact) mass is 348 g/mol. The molecular weight excluding hydrogens is 339 g/mol. The van der Waals surface area contributed by atoms with Gasteiger partial charge in [-0.25, -0.2) is 4.39 Å². The molecule has 0 unspecified atom stereocenters. The van der Waals surface area contributed by atoms with Crippen LogP contribution in [0.15, 0.2) is 52.3 Å². The largest absolute Gasteiger partial charge is 0.294 e. The van der Waals surface area contributed by atoms with E-state index in [0.717, 1.165) is 15.6 Å². The van der Waals surface area contributed by atoms with Crippen LogP contribution in [0, 0.1) is 5.82 Å². The highest BCUT2D eigenvalue weighted by atomic mass is 79.9. The summed E-state index contributed by atoms with van der Waals surface area (Å²) in [7, 11) is 0. The number of hydrogen-bond donors (Lipinski definition) is 0. The van der Waals surface area contributed by atoms with Crippen LogP contribution >= 0.6 is 27.3 Å². The van der Waals surface area contributed by atoms with Crippen molar-refractivity contribution in [1.29, 1.82) is 0 Å². The second-order valence-electron chi connectivity index (χ2n) is 4.45. The molecule has 1 heterocycles. The molecule has 0 aliphatic rings. The number of carbonyl (C=O) groups excluding carboxylic acids is 1. The molecule has 0 amide bonds. The smallest absolute Gasteiger partial charge is 0.171 e. The van der Waals surface area contributed by atoms with E-state index in [4.69, 9.17) is 0 Å². The van der Waals surface area contributed by atoms with Gasteiger partial charge in [0.15, 0.2) is 5.78 Å². The molecule has 0 aliphatic heterocycles. The summed E-state index contributed by atoms with van der Waals surface area (Å²) in [5.41, 5.74) is 1.08. The normalized spacial score (nSPS) is 10.9. The predicted octanol–water partition coefficient (Wildman–Crippen LogP) is 5.23. The van der Waals surface area contributed by atoms with Crippen molar-refractivity contribution in [2.45, 2.75) is 6.42 Å². The lowest BCUT2D eigenvalue weighted by atomic mass is 10.0. The Bertz CT molecular complexity index is 774. The van der Waals surface area contributed by atoms with Gasteiger partial charge in [-0.15, -0.1) is 11.3 Å². The van der Waals surface area contributed by atoms with Crippen molar-refractivity contribution in [1.82, 2.24) is 0 Å². The first kappa shape index (κ1) is 13.5. The molecule has 0 saturated carbocycles. The number of benzene rings is 2. The van der Waals surface area contributed by atoms with Gasteiger partial charge in [0.1, 0.15) is 5.82 Å². The average Bonchev–Trinajstić information content (AvgIpc) is 2.82. The molecule has 0 saturated heterocycles. The predicted molar refractivity (Wildman–Crippen MR) is 84.0 cm³/mol. The van der Waals surface area contributed by atoms with Gasteiger partial charge in [0.25, 0.3) is 0 Å². The molecule has 0 N–H and O–H groups in total. The van der Waals surface area contributed by atoms with Gasteiger partial charge >= 0.3 is 0 Å². The third-order valence-corrected chi connectivity index (χ3v) is 4.83. The molecule has 0 atom stereocenters. The summed E-state index contributed by atoms with van der Waals surface area (Å²) in [5.74, 6) is -0.692. The number of halogens is 2. The molecule has 0 spiro atoms. The summed E-state index contributed by atoms with van der Waals surface area (Å²) < 4.78 is 15.4. The average molecular weight is 349 g/mol. The van der Waals surface area contributed by atoms with Crippen LogP contribution in [0.25, 0.3) is 10.1 Å². The van der Waals surface area contributed by atoms with Crippen LogP contribution in [0.2, 0.25) is 0 Å². The minimum atomic E-state index is -0.482. The van der Waals surface area contributed by atoms with Crippen LogP contribution in [-0.4, -0.2) is 5.78 Å². The molecule has 20 heavy (non-hydrogen) atoms. The zero-order valence-corrected chi connectivity index (χ0v) is 12.8. The maximum absolute atomic E-state index is 13.8. The molecule has 1 nitrogen and oxygen atoms in total. The summed E-state index contributed by atoms with van der Waals surface area (Å²) in [6, 6.07) is 12.5. The van der Waals surface area contributed by atoms with Crippen LogP contribution in [0.3, 0.4) is 0 Å². The maximum Gasteiger partial charge on any atom is 0.171 e. The minimum absolute atomic E-state index is 0.128. The molecule has 0 aliphatic carbocycles. The zero-order valence-electron chi connectivity index (χ0n) is 10.4. The van der Waals surface area contributed by atoms with Gasteiger partial charge in [0, 0.05) is 15.6 Å². The maximum atomic E-state index is 13.8. The van der Waals surface area contributed by atoms with Crippen molar-refractivity contribution in [2.75, 3.05) is 0 Å². The Morgan fingerprint density at radius 2 is 1.95 bits per heavy atom. The van der Waals surface area contributed by atoms with Crippen LogP contribution in [0.5, 0.6) is 0 Å². The number of rotatable bonds is 3. The van der Waals surface area contributed by atoms with Crippen molar-refractivity contribution in [2.24, 2.45) is 0 Å². The number of hydrogen-bond acceptors (Lipinski definition) is 2. The number of ketones is 1. The SMILES string of the molecule is O=C(Cc1csc2ccccc12)c1c(F)cccc1Br. The Kier molecular flexibility index (Phi) is 3.68. The van der Waals surface area contributed by atoms with Crippen LogP contribution in [-0.2, 0) is 6.42 Å². The quantitative estimate of drug-likeness (QED) is 0.592. The minimum Gasteiger partial charge on any atom is -0.294 e. The standard InChI is InChI=1S/C16H10BrFOS/c17-12-5-3-6-13(18)16(12)14(19)8-10-9-20-15-7-2-1-4-11(10)15/h1-7,9H,8H2. The topological polar surface area (TPSA) is 17.1 Å². The van der Waals surface area contributed by atoms with Gasteiger partial charge in [-0.2, -0.15) is 0 Å². The summed E-state index contributed by atoms with van der Waals surface area (Å²) in [4.78, 5) is 12.3. The lowest BCUT2D eigenvalue weighted by Gasteiger charge is -2.04. The molecule has 2 aromatic carbocycles.